The molecule has 16 rings (SSSR count). The first-order valence-corrected chi connectivity index (χ1v) is 28.0. The van der Waals surface area contributed by atoms with E-state index in [2.05, 4.69) is 237 Å². The van der Waals surface area contributed by atoms with Crippen molar-refractivity contribution in [3.63, 3.8) is 0 Å². The van der Waals surface area contributed by atoms with Gasteiger partial charge in [-0.15, -0.1) is 0 Å². The lowest BCUT2D eigenvalue weighted by Crippen LogP contribution is -1.92. The molecule has 0 saturated heterocycles. The number of hydrogen-bond acceptors (Lipinski definition) is 0. The van der Waals surface area contributed by atoms with E-state index >= 15 is 0 Å². The third-order valence-electron chi connectivity index (χ3n) is 16.4. The van der Waals surface area contributed by atoms with Crippen LogP contribution in [0, 0.1) is 0 Å². The summed E-state index contributed by atoms with van der Waals surface area (Å²) in [4.78, 5) is 0. The maximum absolute atomic E-state index is 8.63. The van der Waals surface area contributed by atoms with E-state index in [1.165, 1.54) is 87.2 Å². The second kappa shape index (κ2) is 20.9. The third kappa shape index (κ3) is 8.75. The van der Waals surface area contributed by atoms with Gasteiger partial charge >= 0.3 is 0 Å². The summed E-state index contributed by atoms with van der Waals surface area (Å²) in [6.07, 6.45) is 0. The predicted octanol–water partition coefficient (Wildman–Crippen LogP) is 23.1. The maximum atomic E-state index is 8.63. The minimum absolute atomic E-state index is 0.203. The van der Waals surface area contributed by atoms with Gasteiger partial charge in [-0.1, -0.05) is 303 Å². The molecular weight excluding hydrogens is 985 g/mol. The van der Waals surface area contributed by atoms with Crippen LogP contribution in [0.25, 0.3) is 153 Å². The molecule has 0 unspecified atom stereocenters. The van der Waals surface area contributed by atoms with Gasteiger partial charge in [0.25, 0.3) is 0 Å². The summed E-state index contributed by atoms with van der Waals surface area (Å²) >= 11 is 0. The molecule has 0 N–H and O–H groups in total. The predicted molar refractivity (Wildman–Crippen MR) is 353 cm³/mol. The first-order valence-electron chi connectivity index (χ1n) is 30.5. The quantitative estimate of drug-likeness (QED) is 0.140. The lowest BCUT2D eigenvalue weighted by molar-refractivity contribution is 1.61. The summed E-state index contributed by atoms with van der Waals surface area (Å²) in [7, 11) is 0. The van der Waals surface area contributed by atoms with Gasteiger partial charge in [0.2, 0.25) is 0 Å². The Morgan fingerprint density at radius 2 is 0.524 bits per heavy atom. The van der Waals surface area contributed by atoms with Crippen LogP contribution in [0.4, 0.5) is 0 Å². The van der Waals surface area contributed by atoms with Crippen LogP contribution in [0.2, 0.25) is 0 Å². The van der Waals surface area contributed by atoms with Gasteiger partial charge in [-0.05, 0) is 178 Å². The molecule has 0 aliphatic heterocycles. The molecule has 0 nitrogen and oxygen atoms in total. The van der Waals surface area contributed by atoms with E-state index < -0.39 is 6.04 Å². The van der Waals surface area contributed by atoms with Crippen LogP contribution < -0.4 is 0 Å². The highest BCUT2D eigenvalue weighted by Crippen LogP contribution is 2.48. The lowest BCUT2D eigenvalue weighted by Gasteiger charge is -2.20. The van der Waals surface area contributed by atoms with Gasteiger partial charge in [-0.25, -0.2) is 0 Å². The second-order valence-electron chi connectivity index (χ2n) is 21.1. The summed E-state index contributed by atoms with van der Waals surface area (Å²) in [6.45, 7) is 0. The molecule has 0 amide bonds. The summed E-state index contributed by atoms with van der Waals surface area (Å²) in [5, 5.41) is 16.8. The lowest BCUT2D eigenvalue weighted by atomic mass is 9.83. The zero-order valence-electron chi connectivity index (χ0n) is 49.8. The number of rotatable bonds is 7. The van der Waals surface area contributed by atoms with Crippen LogP contribution >= 0.6 is 0 Å². The van der Waals surface area contributed by atoms with Crippen molar-refractivity contribution in [1.82, 2.24) is 0 Å². The first-order chi connectivity index (χ1) is 42.8. The van der Waals surface area contributed by atoms with Crippen molar-refractivity contribution in [3.8, 4) is 77.9 Å². The Morgan fingerprint density at radius 1 is 0.171 bits per heavy atom. The number of hydrogen-bond donors (Lipinski definition) is 0. The zero-order valence-corrected chi connectivity index (χ0v) is 44.8. The smallest absolute Gasteiger partial charge is 0.0622 e. The largest absolute Gasteiger partial charge is 0.0629 e. The second-order valence-corrected chi connectivity index (χ2v) is 21.1. The molecule has 16 aromatic rings. The summed E-state index contributed by atoms with van der Waals surface area (Å²) in [5.74, 6) is 0. The highest BCUT2D eigenvalue weighted by molar-refractivity contribution is 6.25. The van der Waals surface area contributed by atoms with Gasteiger partial charge in [0, 0.05) is 0 Å². The number of benzene rings is 16. The molecule has 382 valence electrons. The van der Waals surface area contributed by atoms with Crippen LogP contribution in [0.15, 0.2) is 327 Å². The highest BCUT2D eigenvalue weighted by atomic mass is 14.2. The topological polar surface area (TPSA) is 0 Å². The van der Waals surface area contributed by atoms with E-state index in [0.29, 0.717) is 5.56 Å². The van der Waals surface area contributed by atoms with Crippen LogP contribution in [0.5, 0.6) is 0 Å². The number of fused-ring (bicyclic) bond motifs is 7. The Bertz CT molecular complexity index is 5350. The monoisotopic (exact) mass is 1040 g/mol. The van der Waals surface area contributed by atoms with Crippen molar-refractivity contribution in [3.05, 3.63) is 327 Å². The van der Waals surface area contributed by atoms with Gasteiger partial charge < -0.3 is 0 Å². The fourth-order valence-corrected chi connectivity index (χ4v) is 12.5. The third-order valence-corrected chi connectivity index (χ3v) is 16.4. The van der Waals surface area contributed by atoms with Gasteiger partial charge in [0.1, 0.15) is 0 Å². The average molecular weight is 1040 g/mol. The molecule has 0 saturated carbocycles. The zero-order chi connectivity index (χ0) is 58.7. The Kier molecular flexibility index (Phi) is 11.0. The average Bonchev–Trinajstić information content (AvgIpc) is 0.864. The summed E-state index contributed by atoms with van der Waals surface area (Å²) < 4.78 is 41.8. The van der Waals surface area contributed by atoms with E-state index in [-0.39, 0.29) is 29.7 Å². The minimum Gasteiger partial charge on any atom is -0.0622 e. The molecule has 0 atom stereocenters. The van der Waals surface area contributed by atoms with Crippen molar-refractivity contribution in [2.75, 3.05) is 0 Å². The highest BCUT2D eigenvalue weighted by Gasteiger charge is 2.21. The molecule has 0 aromatic heterocycles. The van der Waals surface area contributed by atoms with Crippen LogP contribution in [-0.2, 0) is 0 Å². The Labute approximate surface area is 485 Å². The van der Waals surface area contributed by atoms with Crippen molar-refractivity contribution < 1.29 is 6.85 Å². The maximum Gasteiger partial charge on any atom is 0.0629 e. The molecule has 0 aliphatic carbocycles. The normalized spacial score (nSPS) is 12.3. The molecule has 0 heterocycles. The van der Waals surface area contributed by atoms with Crippen molar-refractivity contribution in [2.24, 2.45) is 0 Å². The minimum atomic E-state index is -0.392. The van der Waals surface area contributed by atoms with Crippen LogP contribution in [0.3, 0.4) is 0 Å². The molecule has 82 heavy (non-hydrogen) atoms. The van der Waals surface area contributed by atoms with E-state index in [9.17, 15) is 0 Å². The van der Waals surface area contributed by atoms with E-state index in [0.717, 1.165) is 54.9 Å². The summed E-state index contributed by atoms with van der Waals surface area (Å²) in [6, 6.07) is 104. The molecular formula is C82H54. The Hall–Kier alpha value is -10.7. The van der Waals surface area contributed by atoms with E-state index in [1.807, 2.05) is 60.7 Å². The van der Waals surface area contributed by atoms with Gasteiger partial charge in [-0.3, -0.25) is 0 Å². The van der Waals surface area contributed by atoms with Crippen molar-refractivity contribution in [1.29, 1.82) is 0 Å². The molecule has 0 aliphatic rings. The molecule has 0 bridgehead atoms. The molecule has 0 heteroatoms. The fourth-order valence-electron chi connectivity index (χ4n) is 12.5. The van der Waals surface area contributed by atoms with E-state index in [1.54, 1.807) is 0 Å². The van der Waals surface area contributed by atoms with Gasteiger partial charge in [0.05, 0.1) is 6.85 Å². The van der Waals surface area contributed by atoms with Crippen molar-refractivity contribution >= 4 is 75.4 Å². The standard InChI is InChI=1S/C44H28.C38H26/c1-3-13-32-26-34(22-20-29(32)10-1)35-24-25-41-42(28-35)44(38-19-9-15-31-12-5-6-16-37(31)38)40-18-8-7-17-39(40)43(41)36-23-21-30-11-2-4-14-33(30)27-36;1-4-12-27(13-5-1)29-20-22-31(23-21-29)37-33-18-10-11-19-34(33)38(30-16-8-3-9-17-30)36-26-32(24-25-35(36)37)28-14-6-2-7-15-28/h1-28H;1-26H/i;2D,6D,7D,14D,15D. The van der Waals surface area contributed by atoms with Gasteiger partial charge in [0.15, 0.2) is 0 Å². The molecule has 0 fully saturated rings. The summed E-state index contributed by atoms with van der Waals surface area (Å²) in [5.41, 5.74) is 14.9. The van der Waals surface area contributed by atoms with Crippen molar-refractivity contribution in [2.45, 2.75) is 0 Å². The Morgan fingerprint density at radius 3 is 1.13 bits per heavy atom. The van der Waals surface area contributed by atoms with E-state index in [4.69, 9.17) is 6.85 Å². The van der Waals surface area contributed by atoms with Crippen LogP contribution in [0.1, 0.15) is 6.85 Å². The fraction of sp³-hybridized carbons (Fsp3) is 0. The Balaban J connectivity index is 0.000000147. The molecule has 0 radical (unpaired) electrons. The molecule has 0 spiro atoms. The van der Waals surface area contributed by atoms with Gasteiger partial charge in [-0.2, -0.15) is 0 Å². The van der Waals surface area contributed by atoms with Crippen LogP contribution in [-0.4, -0.2) is 0 Å². The SMILES string of the molecule is [2H]c1c([2H])c([2H])c(-c2ccc3c(-c4ccc(-c5ccccc5)cc4)c4ccccc4c(-c4ccccc4)c3c2)c([2H])c1[2H].c1ccc2cc(-c3ccc4c(-c5ccc6ccccc6c5)c5ccccc5c(-c5cccc6ccccc56)c4c3)ccc2c1. The first kappa shape index (κ1) is 43.2. The molecule has 16 aromatic carbocycles.